The van der Waals surface area contributed by atoms with E-state index in [0.717, 1.165) is 64.2 Å². The molecule has 3 rings (SSSR count). The lowest BCUT2D eigenvalue weighted by atomic mass is 9.89. The summed E-state index contributed by atoms with van der Waals surface area (Å²) in [7, 11) is 0. The molecule has 3 heteroatoms. The molecule has 0 aliphatic carbocycles. The molecule has 1 N–H and O–H groups in total. The van der Waals surface area contributed by atoms with E-state index in [-0.39, 0.29) is 5.92 Å². The number of carbonyl (C=O) groups is 1. The van der Waals surface area contributed by atoms with Crippen LogP contribution in [0.3, 0.4) is 0 Å². The first-order valence-electron chi connectivity index (χ1n) is 8.36. The Morgan fingerprint density at radius 3 is 2.57 bits per heavy atom. The van der Waals surface area contributed by atoms with Crippen LogP contribution in [0.25, 0.3) is 0 Å². The highest BCUT2D eigenvalue weighted by Crippen LogP contribution is 2.24. The van der Waals surface area contributed by atoms with Crippen molar-refractivity contribution in [1.29, 1.82) is 0 Å². The first-order valence-corrected chi connectivity index (χ1v) is 8.36. The predicted molar refractivity (Wildman–Crippen MR) is 85.0 cm³/mol. The van der Waals surface area contributed by atoms with Crippen LogP contribution in [0, 0.1) is 11.8 Å². The van der Waals surface area contributed by atoms with E-state index in [1.54, 1.807) is 0 Å². The fourth-order valence-corrected chi connectivity index (χ4v) is 3.63. The second-order valence-corrected chi connectivity index (χ2v) is 6.50. The molecule has 0 aromatic heterocycles. The van der Waals surface area contributed by atoms with Gasteiger partial charge in [0.2, 0.25) is 5.91 Å². The van der Waals surface area contributed by atoms with Crippen molar-refractivity contribution in [1.82, 2.24) is 10.2 Å². The Balaban J connectivity index is 1.47. The highest BCUT2D eigenvalue weighted by molar-refractivity contribution is 5.79. The van der Waals surface area contributed by atoms with Crippen molar-refractivity contribution in [3.63, 3.8) is 0 Å². The van der Waals surface area contributed by atoms with Crippen LogP contribution in [0.15, 0.2) is 30.3 Å². The van der Waals surface area contributed by atoms with E-state index in [2.05, 4.69) is 40.5 Å². The quantitative estimate of drug-likeness (QED) is 0.926. The lowest BCUT2D eigenvalue weighted by molar-refractivity contribution is -0.137. The Hall–Kier alpha value is -1.35. The van der Waals surface area contributed by atoms with E-state index in [9.17, 15) is 4.79 Å². The number of amides is 1. The van der Waals surface area contributed by atoms with Gasteiger partial charge in [0.1, 0.15) is 0 Å². The second-order valence-electron chi connectivity index (χ2n) is 6.50. The second kappa shape index (κ2) is 7.08. The normalized spacial score (nSPS) is 24.0. The highest BCUT2D eigenvalue weighted by atomic mass is 16.2. The highest BCUT2D eigenvalue weighted by Gasteiger charge is 2.28. The number of piperidine rings is 2. The Morgan fingerprint density at radius 2 is 1.90 bits per heavy atom. The number of hydrogen-bond donors (Lipinski definition) is 1. The maximum Gasteiger partial charge on any atom is 0.226 e. The molecule has 2 aliphatic rings. The van der Waals surface area contributed by atoms with Crippen LogP contribution in [0.5, 0.6) is 0 Å². The van der Waals surface area contributed by atoms with Crippen molar-refractivity contribution in [3.05, 3.63) is 35.9 Å². The molecular formula is C18H26N2O. The zero-order valence-electron chi connectivity index (χ0n) is 12.8. The fourth-order valence-electron chi connectivity index (χ4n) is 3.63. The van der Waals surface area contributed by atoms with Gasteiger partial charge in [0, 0.05) is 19.6 Å². The summed E-state index contributed by atoms with van der Waals surface area (Å²) in [6, 6.07) is 10.7. The van der Waals surface area contributed by atoms with Crippen LogP contribution in [0.1, 0.15) is 31.2 Å². The summed E-state index contributed by atoms with van der Waals surface area (Å²) in [5.41, 5.74) is 1.43. The third-order valence-electron chi connectivity index (χ3n) is 4.94. The van der Waals surface area contributed by atoms with Gasteiger partial charge >= 0.3 is 0 Å². The van der Waals surface area contributed by atoms with Crippen LogP contribution in [0.4, 0.5) is 0 Å². The molecule has 3 nitrogen and oxygen atoms in total. The van der Waals surface area contributed by atoms with Gasteiger partial charge in [0.05, 0.1) is 5.92 Å². The first-order chi connectivity index (χ1) is 10.3. The third-order valence-corrected chi connectivity index (χ3v) is 4.94. The molecule has 2 fully saturated rings. The Labute approximate surface area is 127 Å². The van der Waals surface area contributed by atoms with E-state index in [4.69, 9.17) is 0 Å². The van der Waals surface area contributed by atoms with Crippen molar-refractivity contribution in [2.75, 3.05) is 26.2 Å². The SMILES string of the molecule is O=C([C@@H]1CCCNC1)N1CCC(Cc2ccccc2)CC1. The summed E-state index contributed by atoms with van der Waals surface area (Å²) in [5, 5.41) is 3.35. The number of rotatable bonds is 3. The van der Waals surface area contributed by atoms with Crippen LogP contribution >= 0.6 is 0 Å². The standard InChI is InChI=1S/C18H26N2O/c21-18(17-7-4-10-19-14-17)20-11-8-16(9-12-20)13-15-5-2-1-3-6-15/h1-3,5-6,16-17,19H,4,7-14H2/t17-/m1/s1. The monoisotopic (exact) mass is 286 g/mol. The van der Waals surface area contributed by atoms with Crippen molar-refractivity contribution in [3.8, 4) is 0 Å². The summed E-state index contributed by atoms with van der Waals surface area (Å²) in [4.78, 5) is 14.6. The summed E-state index contributed by atoms with van der Waals surface area (Å²) in [5.74, 6) is 1.35. The smallest absolute Gasteiger partial charge is 0.226 e. The maximum absolute atomic E-state index is 12.5. The topological polar surface area (TPSA) is 32.3 Å². The van der Waals surface area contributed by atoms with Gasteiger partial charge in [0.25, 0.3) is 0 Å². The molecule has 0 unspecified atom stereocenters. The molecule has 2 heterocycles. The molecule has 21 heavy (non-hydrogen) atoms. The average molecular weight is 286 g/mol. The van der Waals surface area contributed by atoms with Crippen LogP contribution in [-0.4, -0.2) is 37.0 Å². The summed E-state index contributed by atoms with van der Waals surface area (Å²) >= 11 is 0. The van der Waals surface area contributed by atoms with Gasteiger partial charge in [-0.05, 0) is 50.1 Å². The minimum atomic E-state index is 0.226. The molecule has 1 aromatic carbocycles. The van der Waals surface area contributed by atoms with Crippen LogP contribution in [-0.2, 0) is 11.2 Å². The largest absolute Gasteiger partial charge is 0.342 e. The summed E-state index contributed by atoms with van der Waals surface area (Å²) < 4.78 is 0. The molecule has 114 valence electrons. The minimum absolute atomic E-state index is 0.226. The van der Waals surface area contributed by atoms with Gasteiger partial charge < -0.3 is 10.2 Å². The number of nitrogens with zero attached hydrogens (tertiary/aromatic N) is 1. The number of nitrogens with one attached hydrogen (secondary N) is 1. The number of benzene rings is 1. The van der Waals surface area contributed by atoms with Crippen molar-refractivity contribution >= 4 is 5.91 Å². The van der Waals surface area contributed by atoms with Crippen LogP contribution < -0.4 is 5.32 Å². The van der Waals surface area contributed by atoms with Crippen molar-refractivity contribution < 1.29 is 4.79 Å². The number of hydrogen-bond acceptors (Lipinski definition) is 2. The zero-order chi connectivity index (χ0) is 14.5. The third kappa shape index (κ3) is 3.85. The first kappa shape index (κ1) is 14.6. The Bertz CT molecular complexity index is 446. The molecule has 1 amide bonds. The molecule has 1 atom stereocenters. The molecule has 1 aromatic rings. The molecule has 2 saturated heterocycles. The lowest BCUT2D eigenvalue weighted by Gasteiger charge is -2.35. The maximum atomic E-state index is 12.5. The van der Waals surface area contributed by atoms with E-state index in [1.165, 1.54) is 5.56 Å². The molecule has 0 spiro atoms. The lowest BCUT2D eigenvalue weighted by Crippen LogP contribution is -2.46. The summed E-state index contributed by atoms with van der Waals surface area (Å²) in [6.07, 6.45) is 5.67. The average Bonchev–Trinajstić information content (AvgIpc) is 2.57. The molecule has 0 radical (unpaired) electrons. The van der Waals surface area contributed by atoms with Gasteiger partial charge in [-0.15, -0.1) is 0 Å². The van der Waals surface area contributed by atoms with E-state index >= 15 is 0 Å². The van der Waals surface area contributed by atoms with E-state index in [1.807, 2.05) is 0 Å². The van der Waals surface area contributed by atoms with Gasteiger partial charge in [-0.2, -0.15) is 0 Å². The van der Waals surface area contributed by atoms with E-state index < -0.39 is 0 Å². The molecule has 0 bridgehead atoms. The number of carbonyl (C=O) groups excluding carboxylic acids is 1. The minimum Gasteiger partial charge on any atom is -0.342 e. The van der Waals surface area contributed by atoms with Gasteiger partial charge in [-0.3, -0.25) is 4.79 Å². The fraction of sp³-hybridized carbons (Fsp3) is 0.611. The molecular weight excluding hydrogens is 260 g/mol. The molecule has 0 saturated carbocycles. The van der Waals surface area contributed by atoms with Gasteiger partial charge in [-0.1, -0.05) is 30.3 Å². The van der Waals surface area contributed by atoms with Gasteiger partial charge in [0.15, 0.2) is 0 Å². The van der Waals surface area contributed by atoms with Crippen molar-refractivity contribution in [2.24, 2.45) is 11.8 Å². The van der Waals surface area contributed by atoms with Crippen molar-refractivity contribution in [2.45, 2.75) is 32.1 Å². The van der Waals surface area contributed by atoms with Crippen LogP contribution in [0.2, 0.25) is 0 Å². The van der Waals surface area contributed by atoms with E-state index in [0.29, 0.717) is 5.91 Å². The molecule has 2 aliphatic heterocycles. The number of likely N-dealkylation sites (tertiary alicyclic amines) is 1. The summed E-state index contributed by atoms with van der Waals surface area (Å²) in [6.45, 7) is 3.85. The zero-order valence-corrected chi connectivity index (χ0v) is 12.8. The Morgan fingerprint density at radius 1 is 1.14 bits per heavy atom. The Kier molecular flexibility index (Phi) is 4.91. The van der Waals surface area contributed by atoms with Gasteiger partial charge in [-0.25, -0.2) is 0 Å². The predicted octanol–water partition coefficient (Wildman–Crippen LogP) is 2.47.